The molecule has 0 radical (unpaired) electrons. The Morgan fingerprint density at radius 2 is 1.90 bits per heavy atom. The van der Waals surface area contributed by atoms with Crippen molar-refractivity contribution in [2.24, 2.45) is 0 Å². The van der Waals surface area contributed by atoms with Crippen molar-refractivity contribution in [3.63, 3.8) is 0 Å². The Morgan fingerprint density at radius 1 is 1.15 bits per heavy atom. The van der Waals surface area contributed by atoms with Crippen molar-refractivity contribution < 1.29 is 19.4 Å². The Balaban J connectivity index is 2.35. The molecule has 1 aromatic carbocycles. The lowest BCUT2D eigenvalue weighted by molar-refractivity contribution is 0.0696. The van der Waals surface area contributed by atoms with Gasteiger partial charge in [-0.1, -0.05) is 0 Å². The monoisotopic (exact) mass is 274 g/mol. The lowest BCUT2D eigenvalue weighted by Gasteiger charge is -2.10. The molecule has 0 saturated heterocycles. The van der Waals surface area contributed by atoms with E-state index in [-0.39, 0.29) is 5.56 Å². The third-order valence-corrected chi connectivity index (χ3v) is 2.57. The van der Waals surface area contributed by atoms with E-state index in [1.54, 1.807) is 13.0 Å². The third kappa shape index (κ3) is 3.03. The van der Waals surface area contributed by atoms with Crippen LogP contribution >= 0.6 is 0 Å². The zero-order chi connectivity index (χ0) is 14.7. The number of carboxylic acid groups (broad SMARTS) is 1. The average molecular weight is 274 g/mol. The number of ether oxygens (including phenoxy) is 2. The fourth-order valence-corrected chi connectivity index (χ4v) is 1.73. The second kappa shape index (κ2) is 5.56. The number of aromatic nitrogens is 2. The molecule has 0 aliphatic heterocycles. The van der Waals surface area contributed by atoms with E-state index in [1.165, 1.54) is 25.3 Å². The third-order valence-electron chi connectivity index (χ3n) is 2.57. The van der Waals surface area contributed by atoms with Crippen LogP contribution in [0, 0.1) is 13.8 Å². The predicted molar refractivity (Wildman–Crippen MR) is 71.5 cm³/mol. The summed E-state index contributed by atoms with van der Waals surface area (Å²) in [6, 6.07) is 6.08. The lowest BCUT2D eigenvalue weighted by Crippen LogP contribution is -2.00. The van der Waals surface area contributed by atoms with Crippen molar-refractivity contribution in [3.05, 3.63) is 41.3 Å². The van der Waals surface area contributed by atoms with E-state index in [4.69, 9.17) is 14.6 Å². The maximum atomic E-state index is 10.9. The van der Waals surface area contributed by atoms with E-state index >= 15 is 0 Å². The van der Waals surface area contributed by atoms with Crippen LogP contribution in [0.2, 0.25) is 0 Å². The molecule has 0 amide bonds. The van der Waals surface area contributed by atoms with Gasteiger partial charge in [-0.25, -0.2) is 9.78 Å². The Kier molecular flexibility index (Phi) is 3.84. The van der Waals surface area contributed by atoms with Gasteiger partial charge in [0.1, 0.15) is 5.82 Å². The number of benzene rings is 1. The van der Waals surface area contributed by atoms with Gasteiger partial charge in [-0.15, -0.1) is 0 Å². The molecule has 104 valence electrons. The SMILES string of the molecule is COc1cc(C(=O)O)ccc1Oc1cc(C)nc(C)n1. The van der Waals surface area contributed by atoms with E-state index in [0.29, 0.717) is 23.2 Å². The van der Waals surface area contributed by atoms with Gasteiger partial charge in [0.25, 0.3) is 0 Å². The van der Waals surface area contributed by atoms with Crippen molar-refractivity contribution in [3.8, 4) is 17.4 Å². The Labute approximate surface area is 116 Å². The van der Waals surface area contributed by atoms with Crippen LogP contribution in [0.15, 0.2) is 24.3 Å². The quantitative estimate of drug-likeness (QED) is 0.922. The first-order valence-corrected chi connectivity index (χ1v) is 5.91. The maximum absolute atomic E-state index is 10.9. The summed E-state index contributed by atoms with van der Waals surface area (Å²) in [4.78, 5) is 19.2. The van der Waals surface area contributed by atoms with Gasteiger partial charge >= 0.3 is 5.97 Å². The second-order valence-corrected chi connectivity index (χ2v) is 4.17. The summed E-state index contributed by atoms with van der Waals surface area (Å²) in [6.45, 7) is 3.61. The van der Waals surface area contributed by atoms with Crippen molar-refractivity contribution in [2.75, 3.05) is 7.11 Å². The summed E-state index contributed by atoms with van der Waals surface area (Å²) in [5, 5.41) is 8.94. The van der Waals surface area contributed by atoms with E-state index < -0.39 is 5.97 Å². The van der Waals surface area contributed by atoms with Crippen LogP contribution in [0.3, 0.4) is 0 Å². The molecule has 0 unspecified atom stereocenters. The molecule has 1 aromatic heterocycles. The van der Waals surface area contributed by atoms with E-state index in [1.807, 2.05) is 6.92 Å². The minimum absolute atomic E-state index is 0.129. The molecular weight excluding hydrogens is 260 g/mol. The van der Waals surface area contributed by atoms with Crippen LogP contribution in [0.4, 0.5) is 0 Å². The second-order valence-electron chi connectivity index (χ2n) is 4.17. The normalized spacial score (nSPS) is 10.2. The van der Waals surface area contributed by atoms with Gasteiger partial charge in [-0.05, 0) is 32.0 Å². The van der Waals surface area contributed by atoms with Crippen LogP contribution in [0.1, 0.15) is 21.9 Å². The van der Waals surface area contributed by atoms with Crippen LogP contribution in [-0.4, -0.2) is 28.2 Å². The molecule has 0 aliphatic carbocycles. The van der Waals surface area contributed by atoms with Crippen molar-refractivity contribution in [1.82, 2.24) is 9.97 Å². The number of hydrogen-bond acceptors (Lipinski definition) is 5. The van der Waals surface area contributed by atoms with Crippen molar-refractivity contribution in [1.29, 1.82) is 0 Å². The highest BCUT2D eigenvalue weighted by atomic mass is 16.5. The minimum atomic E-state index is -1.02. The fraction of sp³-hybridized carbons (Fsp3) is 0.214. The fourth-order valence-electron chi connectivity index (χ4n) is 1.73. The topological polar surface area (TPSA) is 81.5 Å². The predicted octanol–water partition coefficient (Wildman–Crippen LogP) is 2.59. The molecule has 6 nitrogen and oxygen atoms in total. The molecule has 0 bridgehead atoms. The zero-order valence-electron chi connectivity index (χ0n) is 11.4. The van der Waals surface area contributed by atoms with Gasteiger partial charge in [0.15, 0.2) is 11.5 Å². The summed E-state index contributed by atoms with van der Waals surface area (Å²) in [6.07, 6.45) is 0. The number of rotatable bonds is 4. The van der Waals surface area contributed by atoms with E-state index in [0.717, 1.165) is 5.69 Å². The van der Waals surface area contributed by atoms with Crippen LogP contribution in [0.25, 0.3) is 0 Å². The van der Waals surface area contributed by atoms with Gasteiger partial charge in [-0.2, -0.15) is 4.98 Å². The standard InChI is InChI=1S/C14H14N2O4/c1-8-6-13(16-9(2)15-8)20-11-5-4-10(14(17)18)7-12(11)19-3/h4-7H,1-3H3,(H,17,18). The number of aromatic carboxylic acids is 1. The highest BCUT2D eigenvalue weighted by Crippen LogP contribution is 2.31. The number of methoxy groups -OCH3 is 1. The molecular formula is C14H14N2O4. The summed E-state index contributed by atoms with van der Waals surface area (Å²) in [7, 11) is 1.45. The molecule has 6 heteroatoms. The number of hydrogen-bond donors (Lipinski definition) is 1. The Hall–Kier alpha value is -2.63. The molecule has 1 heterocycles. The summed E-state index contributed by atoms with van der Waals surface area (Å²) < 4.78 is 10.8. The highest BCUT2D eigenvalue weighted by Gasteiger charge is 2.11. The van der Waals surface area contributed by atoms with Crippen molar-refractivity contribution in [2.45, 2.75) is 13.8 Å². The molecule has 0 saturated carbocycles. The maximum Gasteiger partial charge on any atom is 0.335 e. The summed E-state index contributed by atoms with van der Waals surface area (Å²) >= 11 is 0. The first-order chi connectivity index (χ1) is 9.49. The molecule has 0 spiro atoms. The van der Waals surface area contributed by atoms with Crippen molar-refractivity contribution >= 4 is 5.97 Å². The first kappa shape index (κ1) is 13.8. The molecule has 0 fully saturated rings. The van der Waals surface area contributed by atoms with Crippen LogP contribution < -0.4 is 9.47 Å². The largest absolute Gasteiger partial charge is 0.493 e. The van der Waals surface area contributed by atoms with E-state index in [9.17, 15) is 4.79 Å². The van der Waals surface area contributed by atoms with Gasteiger partial charge in [-0.3, -0.25) is 0 Å². The van der Waals surface area contributed by atoms with E-state index in [2.05, 4.69) is 9.97 Å². The first-order valence-electron chi connectivity index (χ1n) is 5.91. The van der Waals surface area contributed by atoms with Gasteiger partial charge in [0.2, 0.25) is 5.88 Å². The zero-order valence-corrected chi connectivity index (χ0v) is 11.4. The average Bonchev–Trinajstić information content (AvgIpc) is 2.37. The molecule has 1 N–H and O–H groups in total. The lowest BCUT2D eigenvalue weighted by atomic mass is 10.2. The van der Waals surface area contributed by atoms with Crippen LogP contribution in [-0.2, 0) is 0 Å². The number of aryl methyl sites for hydroxylation is 2. The Bertz CT molecular complexity index is 635. The molecule has 0 atom stereocenters. The van der Waals surface area contributed by atoms with Gasteiger partial charge < -0.3 is 14.6 Å². The molecule has 20 heavy (non-hydrogen) atoms. The Morgan fingerprint density at radius 3 is 2.50 bits per heavy atom. The van der Waals surface area contributed by atoms with Gasteiger partial charge in [0, 0.05) is 11.8 Å². The van der Waals surface area contributed by atoms with Crippen LogP contribution in [0.5, 0.6) is 17.4 Å². The van der Waals surface area contributed by atoms with Gasteiger partial charge in [0.05, 0.1) is 12.7 Å². The smallest absolute Gasteiger partial charge is 0.335 e. The number of carbonyl (C=O) groups is 1. The molecule has 2 aromatic rings. The molecule has 2 rings (SSSR count). The molecule has 0 aliphatic rings. The summed E-state index contributed by atoms with van der Waals surface area (Å²) in [5.41, 5.74) is 0.915. The summed E-state index contributed by atoms with van der Waals surface area (Å²) in [5.74, 6) is 0.690. The number of nitrogens with zero attached hydrogens (tertiary/aromatic N) is 2. The number of carboxylic acids is 1. The minimum Gasteiger partial charge on any atom is -0.493 e. The highest BCUT2D eigenvalue weighted by molar-refractivity contribution is 5.88.